The van der Waals surface area contributed by atoms with Crippen LogP contribution >= 0.6 is 0 Å². The normalized spacial score (nSPS) is 10.7. The lowest BCUT2D eigenvalue weighted by Gasteiger charge is -2.07. The molecular formula is C14H16N6. The molecule has 20 heavy (non-hydrogen) atoms. The molecule has 2 heterocycles. The van der Waals surface area contributed by atoms with E-state index >= 15 is 0 Å². The van der Waals surface area contributed by atoms with Crippen LogP contribution in [0.25, 0.3) is 5.69 Å². The molecular weight excluding hydrogens is 252 g/mol. The van der Waals surface area contributed by atoms with Crippen LogP contribution in [-0.4, -0.2) is 24.8 Å². The molecule has 0 fully saturated rings. The van der Waals surface area contributed by atoms with Crippen LogP contribution in [0, 0.1) is 0 Å². The van der Waals surface area contributed by atoms with Gasteiger partial charge >= 0.3 is 0 Å². The van der Waals surface area contributed by atoms with Gasteiger partial charge in [-0.15, -0.1) is 5.10 Å². The average molecular weight is 268 g/mol. The highest BCUT2D eigenvalue weighted by Gasteiger charge is 2.00. The molecule has 0 aliphatic carbocycles. The van der Waals surface area contributed by atoms with Crippen molar-refractivity contribution in [1.82, 2.24) is 24.8 Å². The maximum Gasteiger partial charge on any atom is 0.143 e. The van der Waals surface area contributed by atoms with E-state index < -0.39 is 0 Å². The van der Waals surface area contributed by atoms with Crippen molar-refractivity contribution >= 4 is 5.69 Å². The minimum Gasteiger partial charge on any atom is -0.381 e. The van der Waals surface area contributed by atoms with Gasteiger partial charge in [0.2, 0.25) is 0 Å². The van der Waals surface area contributed by atoms with Gasteiger partial charge in [0, 0.05) is 31.2 Å². The Labute approximate surface area is 117 Å². The molecule has 0 atom stereocenters. The van der Waals surface area contributed by atoms with E-state index in [1.54, 1.807) is 11.0 Å². The van der Waals surface area contributed by atoms with Crippen molar-refractivity contribution < 1.29 is 0 Å². The number of rotatable bonds is 5. The molecule has 0 aliphatic rings. The topological polar surface area (TPSA) is 60.6 Å². The molecule has 102 valence electrons. The Kier molecular flexibility index (Phi) is 3.45. The van der Waals surface area contributed by atoms with Crippen molar-refractivity contribution in [2.75, 3.05) is 5.32 Å². The maximum absolute atomic E-state index is 3.88. The predicted octanol–water partition coefficient (Wildman–Crippen LogP) is 2.10. The molecule has 0 saturated carbocycles. The highest BCUT2D eigenvalue weighted by Crippen LogP contribution is 2.14. The fourth-order valence-corrected chi connectivity index (χ4v) is 2.03. The molecule has 0 unspecified atom stereocenters. The van der Waals surface area contributed by atoms with E-state index in [4.69, 9.17) is 0 Å². The quantitative estimate of drug-likeness (QED) is 0.769. The first kappa shape index (κ1) is 12.4. The molecule has 3 rings (SSSR count). The average Bonchev–Trinajstić information content (AvgIpc) is 3.17. The Bertz CT molecular complexity index is 671. The van der Waals surface area contributed by atoms with Gasteiger partial charge in [0.05, 0.1) is 5.69 Å². The Morgan fingerprint density at radius 1 is 1.25 bits per heavy atom. The first-order valence-electron chi connectivity index (χ1n) is 6.57. The fourth-order valence-electron chi connectivity index (χ4n) is 2.03. The monoisotopic (exact) mass is 268 g/mol. The molecule has 0 bridgehead atoms. The number of tetrazole rings is 1. The van der Waals surface area contributed by atoms with Crippen LogP contribution in [0.2, 0.25) is 0 Å². The molecule has 3 aromatic rings. The molecule has 6 heteroatoms. The molecule has 0 radical (unpaired) electrons. The van der Waals surface area contributed by atoms with Gasteiger partial charge in [0.25, 0.3) is 0 Å². The summed E-state index contributed by atoms with van der Waals surface area (Å²) in [7, 11) is 0. The number of hydrogen-bond acceptors (Lipinski definition) is 4. The van der Waals surface area contributed by atoms with Crippen molar-refractivity contribution in [3.8, 4) is 5.69 Å². The van der Waals surface area contributed by atoms with Crippen molar-refractivity contribution in [3.63, 3.8) is 0 Å². The number of aromatic nitrogens is 5. The molecule has 0 amide bonds. The molecule has 0 aliphatic heterocycles. The lowest BCUT2D eigenvalue weighted by molar-refractivity contribution is 0.766. The molecule has 6 nitrogen and oxygen atoms in total. The van der Waals surface area contributed by atoms with Gasteiger partial charge in [0.15, 0.2) is 0 Å². The number of aryl methyl sites for hydroxylation is 1. The fraction of sp³-hybridized carbons (Fsp3) is 0.214. The predicted molar refractivity (Wildman–Crippen MR) is 76.6 cm³/mol. The second-order valence-electron chi connectivity index (χ2n) is 4.51. The zero-order valence-corrected chi connectivity index (χ0v) is 11.3. The van der Waals surface area contributed by atoms with E-state index in [1.807, 2.05) is 24.3 Å². The zero-order chi connectivity index (χ0) is 13.8. The number of benzene rings is 1. The van der Waals surface area contributed by atoms with Crippen molar-refractivity contribution in [1.29, 1.82) is 0 Å². The summed E-state index contributed by atoms with van der Waals surface area (Å²) in [5, 5.41) is 14.6. The summed E-state index contributed by atoms with van der Waals surface area (Å²) in [5.74, 6) is 0. The summed E-state index contributed by atoms with van der Waals surface area (Å²) in [4.78, 5) is 0. The molecule has 0 saturated heterocycles. The van der Waals surface area contributed by atoms with E-state index in [0.717, 1.165) is 24.5 Å². The van der Waals surface area contributed by atoms with Crippen LogP contribution in [0.4, 0.5) is 5.69 Å². The van der Waals surface area contributed by atoms with Gasteiger partial charge < -0.3 is 9.88 Å². The van der Waals surface area contributed by atoms with Gasteiger partial charge in [-0.3, -0.25) is 0 Å². The second kappa shape index (κ2) is 5.56. The Morgan fingerprint density at radius 3 is 2.95 bits per heavy atom. The van der Waals surface area contributed by atoms with Crippen LogP contribution in [0.15, 0.2) is 49.1 Å². The third-order valence-electron chi connectivity index (χ3n) is 3.13. The number of nitrogens with one attached hydrogen (secondary N) is 1. The van der Waals surface area contributed by atoms with Gasteiger partial charge in [-0.2, -0.15) is 0 Å². The third kappa shape index (κ3) is 2.69. The molecule has 0 spiro atoms. The van der Waals surface area contributed by atoms with E-state index in [9.17, 15) is 0 Å². The Morgan fingerprint density at radius 2 is 2.20 bits per heavy atom. The van der Waals surface area contributed by atoms with E-state index in [-0.39, 0.29) is 0 Å². The third-order valence-corrected chi connectivity index (χ3v) is 3.13. The lowest BCUT2D eigenvalue weighted by Crippen LogP contribution is -2.01. The Hall–Kier alpha value is -2.63. The van der Waals surface area contributed by atoms with Crippen LogP contribution in [0.5, 0.6) is 0 Å². The largest absolute Gasteiger partial charge is 0.381 e. The standard InChI is InChI=1S/C14H16N6/c1-2-19-7-6-12(10-19)9-15-13-4-3-5-14(8-13)20-11-16-17-18-20/h3-8,10-11,15H,2,9H2,1H3. The maximum atomic E-state index is 3.88. The smallest absolute Gasteiger partial charge is 0.143 e. The Balaban J connectivity index is 1.70. The van der Waals surface area contributed by atoms with E-state index in [2.05, 4.69) is 50.8 Å². The van der Waals surface area contributed by atoms with E-state index in [0.29, 0.717) is 0 Å². The number of nitrogens with zero attached hydrogens (tertiary/aromatic N) is 5. The lowest BCUT2D eigenvalue weighted by atomic mass is 10.2. The van der Waals surface area contributed by atoms with Crippen LogP contribution in [-0.2, 0) is 13.1 Å². The highest BCUT2D eigenvalue weighted by molar-refractivity contribution is 5.50. The van der Waals surface area contributed by atoms with Crippen molar-refractivity contribution in [2.24, 2.45) is 0 Å². The molecule has 2 aromatic heterocycles. The summed E-state index contributed by atoms with van der Waals surface area (Å²) in [6.07, 6.45) is 5.83. The minimum atomic E-state index is 0.798. The highest BCUT2D eigenvalue weighted by atomic mass is 15.5. The SMILES string of the molecule is CCn1ccc(CNc2cccc(-n3cnnn3)c2)c1. The summed E-state index contributed by atoms with van der Waals surface area (Å²) in [6.45, 7) is 3.92. The number of hydrogen-bond donors (Lipinski definition) is 1. The first-order valence-corrected chi connectivity index (χ1v) is 6.57. The number of anilines is 1. The van der Waals surface area contributed by atoms with Crippen LogP contribution < -0.4 is 5.32 Å². The van der Waals surface area contributed by atoms with Crippen LogP contribution in [0.3, 0.4) is 0 Å². The van der Waals surface area contributed by atoms with Crippen LogP contribution in [0.1, 0.15) is 12.5 Å². The summed E-state index contributed by atoms with van der Waals surface area (Å²) < 4.78 is 3.80. The summed E-state index contributed by atoms with van der Waals surface area (Å²) in [5.41, 5.74) is 3.24. The van der Waals surface area contributed by atoms with Gasteiger partial charge in [-0.05, 0) is 47.2 Å². The van der Waals surface area contributed by atoms with Crippen molar-refractivity contribution in [2.45, 2.75) is 20.0 Å². The van der Waals surface area contributed by atoms with Gasteiger partial charge in [-0.1, -0.05) is 6.07 Å². The van der Waals surface area contributed by atoms with Crippen molar-refractivity contribution in [3.05, 3.63) is 54.6 Å². The van der Waals surface area contributed by atoms with Gasteiger partial charge in [0.1, 0.15) is 6.33 Å². The summed E-state index contributed by atoms with van der Waals surface area (Å²) >= 11 is 0. The second-order valence-corrected chi connectivity index (χ2v) is 4.51. The van der Waals surface area contributed by atoms with Gasteiger partial charge in [-0.25, -0.2) is 4.68 Å². The molecule has 1 aromatic carbocycles. The zero-order valence-electron chi connectivity index (χ0n) is 11.3. The summed E-state index contributed by atoms with van der Waals surface area (Å²) in [6, 6.07) is 10.1. The first-order chi connectivity index (χ1) is 9.85. The van der Waals surface area contributed by atoms with E-state index in [1.165, 1.54) is 5.56 Å². The minimum absolute atomic E-state index is 0.798. The molecule has 1 N–H and O–H groups in total.